The summed E-state index contributed by atoms with van der Waals surface area (Å²) in [5.41, 5.74) is 0. The van der Waals surface area contributed by atoms with Crippen LogP contribution in [0.1, 0.15) is 51.9 Å². The van der Waals surface area contributed by atoms with Gasteiger partial charge in [0.2, 0.25) is 0 Å². The first-order chi connectivity index (χ1) is 9.16. The van der Waals surface area contributed by atoms with Gasteiger partial charge < -0.3 is 4.74 Å². The van der Waals surface area contributed by atoms with Crippen LogP contribution < -0.4 is 0 Å². The molecule has 2 aliphatic carbocycles. The van der Waals surface area contributed by atoms with Crippen molar-refractivity contribution in [3.05, 3.63) is 23.7 Å². The smallest absolute Gasteiger partial charge is 0.131 e. The van der Waals surface area contributed by atoms with E-state index in [9.17, 15) is 8.78 Å². The van der Waals surface area contributed by atoms with E-state index in [0.29, 0.717) is 12.4 Å². The summed E-state index contributed by atoms with van der Waals surface area (Å²) in [6, 6.07) is 0. The molecule has 0 aliphatic heterocycles. The molecule has 2 atom stereocenters. The van der Waals surface area contributed by atoms with Gasteiger partial charge in [-0.1, -0.05) is 39.0 Å². The summed E-state index contributed by atoms with van der Waals surface area (Å²) in [5, 5.41) is 0. The molecule has 0 amide bonds. The van der Waals surface area contributed by atoms with Gasteiger partial charge in [-0.3, -0.25) is 0 Å². The predicted octanol–water partition coefficient (Wildman–Crippen LogP) is 5.09. The highest BCUT2D eigenvalue weighted by molar-refractivity contribution is 5.24. The van der Waals surface area contributed by atoms with E-state index in [1.54, 1.807) is 6.92 Å². The molecule has 1 nitrogen and oxygen atoms in total. The summed E-state index contributed by atoms with van der Waals surface area (Å²) in [4.78, 5) is 0. The number of ether oxygens (including phenoxy) is 1. The van der Waals surface area contributed by atoms with Crippen LogP contribution in [0.5, 0.6) is 0 Å². The number of hydrogen-bond donors (Lipinski definition) is 0. The fraction of sp³-hybridized carbons (Fsp3) is 0.750. The quantitative estimate of drug-likeness (QED) is 0.632. The Bertz CT molecular complexity index is 343. The Kier molecular flexibility index (Phi) is 5.41. The third kappa shape index (κ3) is 4.32. The highest BCUT2D eigenvalue weighted by Crippen LogP contribution is 2.29. The third-order valence-corrected chi connectivity index (χ3v) is 4.27. The molecule has 108 valence electrons. The van der Waals surface area contributed by atoms with Crippen molar-refractivity contribution in [3.63, 3.8) is 0 Å². The van der Waals surface area contributed by atoms with Crippen molar-refractivity contribution in [2.24, 2.45) is 11.8 Å². The lowest BCUT2D eigenvalue weighted by Gasteiger charge is -2.22. The average Bonchev–Trinajstić information content (AvgIpc) is 2.42. The molecule has 1 saturated carbocycles. The van der Waals surface area contributed by atoms with E-state index in [1.165, 1.54) is 50.7 Å². The zero-order chi connectivity index (χ0) is 13.7. The van der Waals surface area contributed by atoms with Crippen LogP contribution in [-0.4, -0.2) is 12.8 Å². The van der Waals surface area contributed by atoms with Gasteiger partial charge in [-0.15, -0.1) is 0 Å². The molecule has 0 N–H and O–H groups in total. The Morgan fingerprint density at radius 3 is 2.68 bits per heavy atom. The van der Waals surface area contributed by atoms with Crippen molar-refractivity contribution < 1.29 is 13.5 Å². The minimum atomic E-state index is -1.27. The first-order valence-corrected chi connectivity index (χ1v) is 7.52. The molecule has 2 rings (SSSR count). The van der Waals surface area contributed by atoms with Gasteiger partial charge in [0.15, 0.2) is 0 Å². The molecule has 2 aliphatic rings. The van der Waals surface area contributed by atoms with Gasteiger partial charge in [-0.2, -0.15) is 0 Å². The molecule has 0 radical (unpaired) electrons. The first kappa shape index (κ1) is 14.5. The third-order valence-electron chi connectivity index (χ3n) is 4.27. The highest BCUT2D eigenvalue weighted by Gasteiger charge is 2.24. The molecule has 1 fully saturated rings. The van der Waals surface area contributed by atoms with E-state index in [4.69, 9.17) is 4.74 Å². The van der Waals surface area contributed by atoms with Crippen LogP contribution >= 0.6 is 0 Å². The van der Waals surface area contributed by atoms with Crippen molar-refractivity contribution in [1.29, 1.82) is 0 Å². The SMILES string of the molecule is CC1C(F)=CC(OCCCC2CCCCC2)=CC1F. The fourth-order valence-electron chi connectivity index (χ4n) is 2.90. The van der Waals surface area contributed by atoms with Crippen LogP contribution in [0.3, 0.4) is 0 Å². The van der Waals surface area contributed by atoms with Crippen molar-refractivity contribution in [2.45, 2.75) is 58.0 Å². The van der Waals surface area contributed by atoms with Crippen molar-refractivity contribution in [3.8, 4) is 0 Å². The zero-order valence-electron chi connectivity index (χ0n) is 11.7. The Morgan fingerprint density at radius 2 is 2.00 bits per heavy atom. The predicted molar refractivity (Wildman–Crippen MR) is 73.1 cm³/mol. The summed E-state index contributed by atoms with van der Waals surface area (Å²) in [7, 11) is 0. The van der Waals surface area contributed by atoms with E-state index >= 15 is 0 Å². The second-order valence-electron chi connectivity index (χ2n) is 5.83. The Labute approximate surface area is 114 Å². The lowest BCUT2D eigenvalue weighted by molar-refractivity contribution is 0.188. The molecular formula is C16H24F2O. The molecule has 3 heteroatoms. The van der Waals surface area contributed by atoms with E-state index in [2.05, 4.69) is 0 Å². The lowest BCUT2D eigenvalue weighted by atomic mass is 9.86. The molecule has 19 heavy (non-hydrogen) atoms. The summed E-state index contributed by atoms with van der Waals surface area (Å²) in [5.74, 6) is 0.0949. The number of allylic oxidation sites excluding steroid dienone is 3. The van der Waals surface area contributed by atoms with Crippen LogP contribution in [-0.2, 0) is 4.74 Å². The molecule has 0 aromatic heterocycles. The van der Waals surface area contributed by atoms with Crippen LogP contribution in [0.4, 0.5) is 8.78 Å². The Balaban J connectivity index is 1.67. The molecule has 0 saturated heterocycles. The zero-order valence-corrected chi connectivity index (χ0v) is 11.7. The summed E-state index contributed by atoms with van der Waals surface area (Å²) in [6.45, 7) is 2.11. The average molecular weight is 270 g/mol. The maximum Gasteiger partial charge on any atom is 0.131 e. The second kappa shape index (κ2) is 7.06. The normalized spacial score (nSPS) is 28.8. The van der Waals surface area contributed by atoms with Crippen molar-refractivity contribution >= 4 is 0 Å². The Hall–Kier alpha value is -0.860. The Morgan fingerprint density at radius 1 is 1.26 bits per heavy atom. The van der Waals surface area contributed by atoms with E-state index in [0.717, 1.165) is 12.3 Å². The molecule has 0 aromatic carbocycles. The van der Waals surface area contributed by atoms with Gasteiger partial charge in [-0.05, 0) is 24.8 Å². The molecule has 2 unspecified atom stereocenters. The van der Waals surface area contributed by atoms with Crippen LogP contribution in [0.2, 0.25) is 0 Å². The molecule has 0 spiro atoms. The maximum atomic E-state index is 13.4. The number of halogens is 2. The van der Waals surface area contributed by atoms with Crippen LogP contribution in [0.25, 0.3) is 0 Å². The number of rotatable bonds is 5. The minimum Gasteiger partial charge on any atom is -0.494 e. The monoisotopic (exact) mass is 270 g/mol. The second-order valence-corrected chi connectivity index (χ2v) is 5.83. The standard InChI is InChI=1S/C16H24F2O/c1-12-15(17)10-14(11-16(12)18)19-9-5-8-13-6-3-2-4-7-13/h10-13,15H,2-9H2,1H3. The summed E-state index contributed by atoms with van der Waals surface area (Å²) >= 11 is 0. The summed E-state index contributed by atoms with van der Waals surface area (Å²) < 4.78 is 32.3. The molecule has 0 heterocycles. The number of hydrogen-bond acceptors (Lipinski definition) is 1. The number of alkyl halides is 1. The molecule has 0 aromatic rings. The van der Waals surface area contributed by atoms with E-state index < -0.39 is 17.9 Å². The van der Waals surface area contributed by atoms with Gasteiger partial charge in [0.05, 0.1) is 6.61 Å². The van der Waals surface area contributed by atoms with Crippen LogP contribution in [0, 0.1) is 11.8 Å². The fourth-order valence-corrected chi connectivity index (χ4v) is 2.90. The van der Waals surface area contributed by atoms with Gasteiger partial charge in [0, 0.05) is 12.0 Å². The topological polar surface area (TPSA) is 9.23 Å². The lowest BCUT2D eigenvalue weighted by Crippen LogP contribution is -2.16. The highest BCUT2D eigenvalue weighted by atomic mass is 19.1. The van der Waals surface area contributed by atoms with E-state index in [-0.39, 0.29) is 0 Å². The van der Waals surface area contributed by atoms with Crippen molar-refractivity contribution in [1.82, 2.24) is 0 Å². The molecule has 0 bridgehead atoms. The minimum absolute atomic E-state index is 0.353. The molecular weight excluding hydrogens is 246 g/mol. The largest absolute Gasteiger partial charge is 0.494 e. The van der Waals surface area contributed by atoms with Crippen LogP contribution in [0.15, 0.2) is 23.7 Å². The van der Waals surface area contributed by atoms with Gasteiger partial charge in [0.1, 0.15) is 17.8 Å². The van der Waals surface area contributed by atoms with Gasteiger partial charge >= 0.3 is 0 Å². The first-order valence-electron chi connectivity index (χ1n) is 7.52. The maximum absolute atomic E-state index is 13.4. The van der Waals surface area contributed by atoms with E-state index in [1.807, 2.05) is 0 Å². The van der Waals surface area contributed by atoms with Gasteiger partial charge in [-0.25, -0.2) is 8.78 Å². The van der Waals surface area contributed by atoms with Gasteiger partial charge in [0.25, 0.3) is 0 Å². The summed E-state index contributed by atoms with van der Waals surface area (Å²) in [6.07, 6.45) is 10.3. The van der Waals surface area contributed by atoms with Crippen molar-refractivity contribution in [2.75, 3.05) is 6.61 Å².